The summed E-state index contributed by atoms with van der Waals surface area (Å²) < 4.78 is 0. The lowest BCUT2D eigenvalue weighted by Crippen LogP contribution is -2.48. The molecule has 0 fully saturated rings. The van der Waals surface area contributed by atoms with E-state index in [2.05, 4.69) is 29.1 Å². The fraction of sp³-hybridized carbons (Fsp3) is 0.692. The molecule has 5 heteroatoms. The number of carbonyl (C=O) groups is 2. The van der Waals surface area contributed by atoms with E-state index in [0.29, 0.717) is 0 Å². The van der Waals surface area contributed by atoms with E-state index in [0.717, 1.165) is 0 Å². The predicted molar refractivity (Wildman–Crippen MR) is 77.4 cm³/mol. The van der Waals surface area contributed by atoms with Gasteiger partial charge in [-0.3, -0.25) is 9.59 Å². The van der Waals surface area contributed by atoms with Crippen molar-refractivity contribution >= 4 is 11.8 Å². The maximum Gasteiger partial charge on any atom is 0.239 e. The highest BCUT2D eigenvalue weighted by Crippen LogP contribution is 1.99. The summed E-state index contributed by atoms with van der Waals surface area (Å²) in [5.41, 5.74) is 0. The molecule has 0 heterocycles. The Hall–Kier alpha value is -1.36. The van der Waals surface area contributed by atoms with Crippen LogP contribution in [0.15, 0.2) is 13.2 Å². The lowest BCUT2D eigenvalue weighted by molar-refractivity contribution is -0.127. The van der Waals surface area contributed by atoms with Gasteiger partial charge in [0.2, 0.25) is 11.8 Å². The molecule has 1 unspecified atom stereocenters. The number of carbonyl (C=O) groups excluding carboxylic acids is 2. The van der Waals surface area contributed by atoms with Crippen LogP contribution < -0.4 is 16.0 Å². The topological polar surface area (TPSA) is 70.2 Å². The molecule has 18 heavy (non-hydrogen) atoms. The summed E-state index contributed by atoms with van der Waals surface area (Å²) in [6.07, 6.45) is 0. The molecule has 2 amide bonds. The fourth-order valence-electron chi connectivity index (χ4n) is 1.13. The molecule has 0 aromatic rings. The van der Waals surface area contributed by atoms with Crippen LogP contribution in [0.1, 0.15) is 27.7 Å². The first-order chi connectivity index (χ1) is 8.52. The lowest BCUT2D eigenvalue weighted by atomic mass is 10.0. The number of rotatable bonds is 5. The average Bonchev–Trinajstić information content (AvgIpc) is 2.40. The van der Waals surface area contributed by atoms with E-state index in [1.807, 2.05) is 27.7 Å². The van der Waals surface area contributed by atoms with Gasteiger partial charge in [-0.1, -0.05) is 27.7 Å². The van der Waals surface area contributed by atoms with Crippen LogP contribution in [0.2, 0.25) is 0 Å². The van der Waals surface area contributed by atoms with Gasteiger partial charge in [-0.05, 0) is 13.0 Å². The second kappa shape index (κ2) is 15.6. The summed E-state index contributed by atoms with van der Waals surface area (Å²) in [7, 11) is 3.26. The number of nitrogens with one attached hydrogen (secondary N) is 3. The Morgan fingerprint density at radius 2 is 1.56 bits per heavy atom. The molecule has 0 aliphatic rings. The Morgan fingerprint density at radius 1 is 1.11 bits per heavy atom. The van der Waals surface area contributed by atoms with Crippen LogP contribution in [-0.2, 0) is 9.59 Å². The molecule has 0 spiro atoms. The molecule has 5 nitrogen and oxygen atoms in total. The highest BCUT2D eigenvalue weighted by Gasteiger charge is 2.19. The third kappa shape index (κ3) is 11.1. The molecular formula is C13H29N3O2. The van der Waals surface area contributed by atoms with Crippen LogP contribution in [0.4, 0.5) is 0 Å². The summed E-state index contributed by atoms with van der Waals surface area (Å²) >= 11 is 0. The summed E-state index contributed by atoms with van der Waals surface area (Å²) in [6, 6.07) is -0.250. The molecular weight excluding hydrogens is 230 g/mol. The van der Waals surface area contributed by atoms with E-state index in [1.54, 1.807) is 7.05 Å². The molecule has 108 valence electrons. The van der Waals surface area contributed by atoms with Crippen molar-refractivity contribution in [2.75, 3.05) is 20.6 Å². The zero-order valence-corrected chi connectivity index (χ0v) is 12.6. The van der Waals surface area contributed by atoms with Crippen LogP contribution in [0, 0.1) is 5.92 Å². The van der Waals surface area contributed by atoms with Crippen molar-refractivity contribution in [2.45, 2.75) is 33.7 Å². The van der Waals surface area contributed by atoms with Crippen molar-refractivity contribution in [3.63, 3.8) is 0 Å². The van der Waals surface area contributed by atoms with Crippen LogP contribution in [0.5, 0.6) is 0 Å². The second-order valence-electron chi connectivity index (χ2n) is 3.40. The molecule has 0 saturated carbocycles. The molecule has 0 aromatic heterocycles. The summed E-state index contributed by atoms with van der Waals surface area (Å²) in [5.74, 6) is -0.146. The third-order valence-corrected chi connectivity index (χ3v) is 1.96. The molecule has 0 aromatic carbocycles. The Balaban J connectivity index is -0.000000506. The number of hydrogen-bond donors (Lipinski definition) is 3. The molecule has 1 atom stereocenters. The average molecular weight is 259 g/mol. The van der Waals surface area contributed by atoms with Crippen LogP contribution >= 0.6 is 0 Å². The number of amides is 2. The highest BCUT2D eigenvalue weighted by molar-refractivity contribution is 5.87. The Bertz CT molecular complexity index is 218. The van der Waals surface area contributed by atoms with Gasteiger partial charge >= 0.3 is 0 Å². The van der Waals surface area contributed by atoms with Crippen molar-refractivity contribution < 1.29 is 9.59 Å². The van der Waals surface area contributed by atoms with Gasteiger partial charge in [-0.25, -0.2) is 0 Å². The molecule has 3 N–H and O–H groups in total. The lowest BCUT2D eigenvalue weighted by Gasteiger charge is -2.18. The second-order valence-corrected chi connectivity index (χ2v) is 3.40. The highest BCUT2D eigenvalue weighted by atomic mass is 16.2. The molecule has 0 radical (unpaired) electrons. The standard InChI is InChI=1S/C9H19N3O2.C2H6.C2H4/c1-6(2)8(11-4)9(14)12-5-7(13)10-3;2*1-2/h6,8,11H,5H2,1-4H3,(H,10,13)(H,12,14);1-2H3;1-2H2. The van der Waals surface area contributed by atoms with Gasteiger partial charge in [-0.15, -0.1) is 13.2 Å². The van der Waals surface area contributed by atoms with Gasteiger partial charge in [0.1, 0.15) is 0 Å². The predicted octanol–water partition coefficient (Wildman–Crippen LogP) is 0.921. The van der Waals surface area contributed by atoms with Crippen molar-refractivity contribution in [2.24, 2.45) is 5.92 Å². The first-order valence-electron chi connectivity index (χ1n) is 6.18. The maximum absolute atomic E-state index is 11.5. The van der Waals surface area contributed by atoms with Gasteiger partial charge in [-0.2, -0.15) is 0 Å². The van der Waals surface area contributed by atoms with Crippen LogP contribution in [-0.4, -0.2) is 38.5 Å². The van der Waals surface area contributed by atoms with E-state index in [1.165, 1.54) is 7.05 Å². The van der Waals surface area contributed by atoms with Gasteiger partial charge in [0.15, 0.2) is 0 Å². The van der Waals surface area contributed by atoms with E-state index >= 15 is 0 Å². The minimum Gasteiger partial charge on any atom is -0.358 e. The smallest absolute Gasteiger partial charge is 0.239 e. The zero-order valence-electron chi connectivity index (χ0n) is 12.6. The number of likely N-dealkylation sites (N-methyl/N-ethyl adjacent to an activating group) is 2. The molecule has 0 saturated heterocycles. The largest absolute Gasteiger partial charge is 0.358 e. The Morgan fingerprint density at radius 3 is 1.83 bits per heavy atom. The van der Waals surface area contributed by atoms with E-state index < -0.39 is 0 Å². The van der Waals surface area contributed by atoms with Gasteiger partial charge in [0.05, 0.1) is 12.6 Å². The van der Waals surface area contributed by atoms with Crippen molar-refractivity contribution in [1.82, 2.24) is 16.0 Å². The summed E-state index contributed by atoms with van der Waals surface area (Å²) in [5, 5.41) is 7.88. The van der Waals surface area contributed by atoms with Crippen molar-refractivity contribution in [1.29, 1.82) is 0 Å². The zero-order chi connectivity index (χ0) is 15.1. The SMILES string of the molecule is C=C.CC.CNC(=O)CNC(=O)C(NC)C(C)C. The van der Waals surface area contributed by atoms with Crippen LogP contribution in [0.3, 0.4) is 0 Å². The first kappa shape index (κ1) is 21.9. The summed E-state index contributed by atoms with van der Waals surface area (Å²) in [4.78, 5) is 22.3. The van der Waals surface area contributed by atoms with Crippen LogP contribution in [0.25, 0.3) is 0 Å². The maximum atomic E-state index is 11.5. The molecule has 0 aliphatic carbocycles. The fourth-order valence-corrected chi connectivity index (χ4v) is 1.13. The first-order valence-corrected chi connectivity index (χ1v) is 6.18. The minimum absolute atomic E-state index is 0.0280. The summed E-state index contributed by atoms with van der Waals surface area (Å²) in [6.45, 7) is 13.9. The molecule has 0 bridgehead atoms. The van der Waals surface area contributed by atoms with E-state index in [4.69, 9.17) is 0 Å². The minimum atomic E-state index is -0.250. The molecule has 0 aliphatic heterocycles. The van der Waals surface area contributed by atoms with E-state index in [9.17, 15) is 9.59 Å². The van der Waals surface area contributed by atoms with Crippen molar-refractivity contribution in [3.05, 3.63) is 13.2 Å². The monoisotopic (exact) mass is 259 g/mol. The van der Waals surface area contributed by atoms with Gasteiger partial charge in [0.25, 0.3) is 0 Å². The van der Waals surface area contributed by atoms with Gasteiger partial charge in [0, 0.05) is 7.05 Å². The Kier molecular flexibility index (Phi) is 19.0. The number of hydrogen-bond acceptors (Lipinski definition) is 3. The van der Waals surface area contributed by atoms with Gasteiger partial charge < -0.3 is 16.0 Å². The quantitative estimate of drug-likeness (QED) is 0.643. The Labute approximate surface area is 111 Å². The third-order valence-electron chi connectivity index (χ3n) is 1.96. The van der Waals surface area contributed by atoms with Crippen molar-refractivity contribution in [3.8, 4) is 0 Å². The molecule has 0 rings (SSSR count). The normalized spacial score (nSPS) is 10.2. The van der Waals surface area contributed by atoms with E-state index in [-0.39, 0.29) is 30.3 Å².